The highest BCUT2D eigenvalue weighted by Gasteiger charge is 2.10. The molecule has 0 aromatic rings. The zero-order chi connectivity index (χ0) is 29.4. The molecule has 0 radical (unpaired) electrons. The van der Waals surface area contributed by atoms with E-state index < -0.39 is 5.97 Å². The van der Waals surface area contributed by atoms with Gasteiger partial charge in [0.2, 0.25) is 0 Å². The van der Waals surface area contributed by atoms with Gasteiger partial charge in [0, 0.05) is 6.42 Å². The minimum Gasteiger partial charge on any atom is -0.481 e. The smallest absolute Gasteiger partial charge is 0.310 e. The van der Waals surface area contributed by atoms with Crippen molar-refractivity contribution in [1.29, 1.82) is 0 Å². The number of hydrogen-bond donors (Lipinski definition) is 1. The van der Waals surface area contributed by atoms with Crippen LogP contribution in [0, 0.1) is 0 Å². The van der Waals surface area contributed by atoms with E-state index in [1.165, 1.54) is 0 Å². The normalized spacial score (nSPS) is 13.7. The Hall–Kier alpha value is -3.14. The molecule has 1 unspecified atom stereocenters. The van der Waals surface area contributed by atoms with Crippen LogP contribution >= 0.6 is 0 Å². The Bertz CT molecular complexity index is 852. The van der Waals surface area contributed by atoms with Crippen LogP contribution in [0.25, 0.3) is 0 Å². The molecule has 4 nitrogen and oxygen atoms in total. The van der Waals surface area contributed by atoms with Gasteiger partial charge in [-0.3, -0.25) is 9.59 Å². The van der Waals surface area contributed by atoms with Crippen LogP contribution in [0.4, 0.5) is 0 Å². The minimum absolute atomic E-state index is 0.214. The number of rotatable bonds is 25. The summed E-state index contributed by atoms with van der Waals surface area (Å²) in [6, 6.07) is 0. The standard InChI is InChI=1S/C36H54O4/c1-3-5-7-9-11-13-14-15-16-17-18-19-21-23-29-33-36(39)40-34(31-27-24-25-28-32-35(37)38)30-26-22-20-12-10-8-6-4-2/h5-8,11-13,15-16,18-20,23,26,29-30,34H,3-4,9-10,14,17,21-22,24-25,27-28,31-33H2,1-2H3,(H,37,38)/b7-5-,8-6-,13-11-,16-15-,19-18-,20-12-,29-23-,30-26-. The highest BCUT2D eigenvalue weighted by atomic mass is 16.5. The highest BCUT2D eigenvalue weighted by molar-refractivity contribution is 5.71. The summed E-state index contributed by atoms with van der Waals surface area (Å²) in [6.45, 7) is 4.27. The van der Waals surface area contributed by atoms with Crippen LogP contribution in [-0.2, 0) is 14.3 Å². The van der Waals surface area contributed by atoms with Gasteiger partial charge in [-0.15, -0.1) is 0 Å². The maximum Gasteiger partial charge on any atom is 0.310 e. The Morgan fingerprint density at radius 3 is 1.48 bits per heavy atom. The van der Waals surface area contributed by atoms with Crippen molar-refractivity contribution in [1.82, 2.24) is 0 Å². The van der Waals surface area contributed by atoms with Gasteiger partial charge in [-0.2, -0.15) is 0 Å². The molecule has 0 aliphatic rings. The maximum absolute atomic E-state index is 12.4. The van der Waals surface area contributed by atoms with E-state index >= 15 is 0 Å². The van der Waals surface area contributed by atoms with E-state index in [2.05, 4.69) is 92.8 Å². The average Bonchev–Trinajstić information content (AvgIpc) is 2.93. The second-order valence-electron chi connectivity index (χ2n) is 9.54. The first kappa shape index (κ1) is 36.9. The highest BCUT2D eigenvalue weighted by Crippen LogP contribution is 2.12. The fourth-order valence-electron chi connectivity index (χ4n) is 3.66. The Balaban J connectivity index is 4.37. The van der Waals surface area contributed by atoms with Crippen molar-refractivity contribution in [3.63, 3.8) is 0 Å². The summed E-state index contributed by atoms with van der Waals surface area (Å²) < 4.78 is 5.73. The molecular formula is C36H54O4. The summed E-state index contributed by atoms with van der Waals surface area (Å²) in [7, 11) is 0. The third kappa shape index (κ3) is 29.4. The molecule has 4 heteroatoms. The topological polar surface area (TPSA) is 63.6 Å². The fourth-order valence-corrected chi connectivity index (χ4v) is 3.66. The molecule has 0 aliphatic carbocycles. The van der Waals surface area contributed by atoms with Gasteiger partial charge in [-0.1, -0.05) is 118 Å². The Labute approximate surface area is 244 Å². The van der Waals surface area contributed by atoms with Gasteiger partial charge < -0.3 is 9.84 Å². The van der Waals surface area contributed by atoms with Crippen molar-refractivity contribution >= 4 is 11.9 Å². The molecule has 0 aromatic carbocycles. The lowest BCUT2D eigenvalue weighted by Crippen LogP contribution is -2.15. The number of unbranched alkanes of at least 4 members (excludes halogenated alkanes) is 3. The van der Waals surface area contributed by atoms with E-state index in [1.807, 2.05) is 18.2 Å². The molecule has 222 valence electrons. The Kier molecular flexibility index (Phi) is 28.0. The Morgan fingerprint density at radius 1 is 0.575 bits per heavy atom. The number of carbonyl (C=O) groups is 2. The predicted octanol–water partition coefficient (Wildman–Crippen LogP) is 10.3. The predicted molar refractivity (Wildman–Crippen MR) is 171 cm³/mol. The number of allylic oxidation sites excluding steroid dienone is 14. The average molecular weight is 551 g/mol. The zero-order valence-corrected chi connectivity index (χ0v) is 25.1. The summed E-state index contributed by atoms with van der Waals surface area (Å²) >= 11 is 0. The molecule has 0 aliphatic heterocycles. The lowest BCUT2D eigenvalue weighted by molar-refractivity contribution is -0.146. The fraction of sp³-hybridized carbons (Fsp3) is 0.500. The molecule has 0 amide bonds. The van der Waals surface area contributed by atoms with Crippen LogP contribution in [0.15, 0.2) is 97.2 Å². The van der Waals surface area contributed by atoms with E-state index in [0.29, 0.717) is 6.42 Å². The van der Waals surface area contributed by atoms with Crippen LogP contribution < -0.4 is 0 Å². The molecule has 0 heterocycles. The van der Waals surface area contributed by atoms with Crippen LogP contribution in [-0.4, -0.2) is 23.1 Å². The SMILES string of the molecule is CC/C=C\C/C=C\C/C=C\C/C=C\C/C=C\CC(=O)OC(/C=C\C/C=C\C/C=C\CC)CCCCCCC(=O)O. The second-order valence-corrected chi connectivity index (χ2v) is 9.54. The minimum atomic E-state index is -0.747. The number of carbonyl (C=O) groups excluding carboxylic acids is 1. The zero-order valence-electron chi connectivity index (χ0n) is 25.1. The molecule has 0 saturated carbocycles. The van der Waals surface area contributed by atoms with Crippen molar-refractivity contribution in [3.05, 3.63) is 97.2 Å². The lowest BCUT2D eigenvalue weighted by atomic mass is 10.1. The molecule has 1 atom stereocenters. The first-order valence-electron chi connectivity index (χ1n) is 15.2. The van der Waals surface area contributed by atoms with Crippen molar-refractivity contribution < 1.29 is 19.4 Å². The number of carboxylic acid groups (broad SMARTS) is 1. The number of aliphatic carboxylic acids is 1. The number of ether oxygens (including phenoxy) is 1. The van der Waals surface area contributed by atoms with Gasteiger partial charge in [0.1, 0.15) is 6.10 Å². The van der Waals surface area contributed by atoms with Crippen molar-refractivity contribution in [2.24, 2.45) is 0 Å². The van der Waals surface area contributed by atoms with Crippen LogP contribution in [0.3, 0.4) is 0 Å². The molecule has 0 saturated heterocycles. The van der Waals surface area contributed by atoms with Crippen LogP contribution in [0.1, 0.15) is 110 Å². The van der Waals surface area contributed by atoms with Crippen LogP contribution in [0.2, 0.25) is 0 Å². The van der Waals surface area contributed by atoms with Gasteiger partial charge in [0.25, 0.3) is 0 Å². The molecular weight excluding hydrogens is 496 g/mol. The third-order valence-electron chi connectivity index (χ3n) is 5.82. The summed E-state index contributed by atoms with van der Waals surface area (Å²) in [5, 5.41) is 8.77. The first-order chi connectivity index (χ1) is 19.6. The quantitative estimate of drug-likeness (QED) is 0.0697. The van der Waals surface area contributed by atoms with E-state index in [0.717, 1.165) is 77.0 Å². The number of carboxylic acids is 1. The van der Waals surface area contributed by atoms with Gasteiger partial charge >= 0.3 is 11.9 Å². The summed E-state index contributed by atoms with van der Waals surface area (Å²) in [5.74, 6) is -0.967. The van der Waals surface area contributed by atoms with Gasteiger partial charge in [-0.05, 0) is 76.7 Å². The van der Waals surface area contributed by atoms with E-state index in [4.69, 9.17) is 9.84 Å². The summed E-state index contributed by atoms with van der Waals surface area (Å²) in [5.41, 5.74) is 0. The van der Waals surface area contributed by atoms with E-state index in [9.17, 15) is 9.59 Å². The van der Waals surface area contributed by atoms with Crippen molar-refractivity contribution in [3.8, 4) is 0 Å². The largest absolute Gasteiger partial charge is 0.481 e. The molecule has 0 spiro atoms. The maximum atomic E-state index is 12.4. The monoisotopic (exact) mass is 550 g/mol. The molecule has 0 aromatic heterocycles. The van der Waals surface area contributed by atoms with Gasteiger partial charge in [-0.25, -0.2) is 0 Å². The van der Waals surface area contributed by atoms with Gasteiger partial charge in [0.05, 0.1) is 6.42 Å². The number of hydrogen-bond acceptors (Lipinski definition) is 3. The third-order valence-corrected chi connectivity index (χ3v) is 5.82. The number of esters is 1. The van der Waals surface area contributed by atoms with Gasteiger partial charge in [0.15, 0.2) is 0 Å². The second kappa shape index (κ2) is 30.4. The molecule has 0 fully saturated rings. The first-order valence-corrected chi connectivity index (χ1v) is 15.2. The lowest BCUT2D eigenvalue weighted by Gasteiger charge is -2.14. The Morgan fingerprint density at radius 2 is 1.00 bits per heavy atom. The van der Waals surface area contributed by atoms with Crippen LogP contribution in [0.5, 0.6) is 0 Å². The summed E-state index contributed by atoms with van der Waals surface area (Å²) in [4.78, 5) is 23.1. The molecule has 1 N–H and O–H groups in total. The van der Waals surface area contributed by atoms with E-state index in [-0.39, 0.29) is 24.9 Å². The van der Waals surface area contributed by atoms with E-state index in [1.54, 1.807) is 0 Å². The van der Waals surface area contributed by atoms with Crippen molar-refractivity contribution in [2.75, 3.05) is 0 Å². The molecule has 0 rings (SSSR count). The summed E-state index contributed by atoms with van der Waals surface area (Å²) in [6.07, 6.45) is 45.8. The molecule has 40 heavy (non-hydrogen) atoms. The van der Waals surface area contributed by atoms with Crippen molar-refractivity contribution in [2.45, 2.75) is 116 Å². The molecule has 0 bridgehead atoms.